The molecule has 5 heteroatoms. The van der Waals surface area contributed by atoms with Gasteiger partial charge in [0.1, 0.15) is 11.6 Å². The summed E-state index contributed by atoms with van der Waals surface area (Å²) in [6.07, 6.45) is 4.51. The SMILES string of the molecule is COc1ccc(N=C2c3ccccc3C(=O)N2C2CC3CCC(C2)N3C)cc1. The molecular weight excluding hydrogens is 350 g/mol. The summed E-state index contributed by atoms with van der Waals surface area (Å²) in [5.41, 5.74) is 2.54. The van der Waals surface area contributed by atoms with Gasteiger partial charge in [0.05, 0.1) is 18.4 Å². The molecule has 2 aromatic carbocycles. The van der Waals surface area contributed by atoms with Crippen LogP contribution in [0.2, 0.25) is 0 Å². The maximum Gasteiger partial charge on any atom is 0.260 e. The molecule has 28 heavy (non-hydrogen) atoms. The van der Waals surface area contributed by atoms with Gasteiger partial charge in [0.25, 0.3) is 5.91 Å². The van der Waals surface area contributed by atoms with E-state index in [9.17, 15) is 4.79 Å². The first-order valence-electron chi connectivity index (χ1n) is 10.0. The minimum atomic E-state index is 0.0943. The average Bonchev–Trinajstić information content (AvgIpc) is 3.09. The van der Waals surface area contributed by atoms with Gasteiger partial charge >= 0.3 is 0 Å². The van der Waals surface area contributed by atoms with E-state index in [-0.39, 0.29) is 11.9 Å². The molecule has 2 aromatic rings. The second-order valence-electron chi connectivity index (χ2n) is 8.03. The van der Waals surface area contributed by atoms with E-state index >= 15 is 0 Å². The van der Waals surface area contributed by atoms with Crippen LogP contribution in [-0.4, -0.2) is 53.8 Å². The lowest BCUT2D eigenvalue weighted by Crippen LogP contribution is -2.50. The zero-order chi connectivity index (χ0) is 19.3. The van der Waals surface area contributed by atoms with Gasteiger partial charge in [0.15, 0.2) is 0 Å². The molecule has 0 aliphatic carbocycles. The zero-order valence-electron chi connectivity index (χ0n) is 16.3. The Hall–Kier alpha value is -2.66. The number of ether oxygens (including phenoxy) is 1. The van der Waals surface area contributed by atoms with Crippen molar-refractivity contribution >= 4 is 17.4 Å². The summed E-state index contributed by atoms with van der Waals surface area (Å²) >= 11 is 0. The van der Waals surface area contributed by atoms with Crippen LogP contribution in [0.1, 0.15) is 41.6 Å². The number of methoxy groups -OCH3 is 1. The van der Waals surface area contributed by atoms with Crippen molar-refractivity contribution in [3.8, 4) is 5.75 Å². The third-order valence-corrected chi connectivity index (χ3v) is 6.59. The number of piperidine rings is 1. The minimum Gasteiger partial charge on any atom is -0.497 e. The monoisotopic (exact) mass is 375 g/mol. The third-order valence-electron chi connectivity index (χ3n) is 6.59. The van der Waals surface area contributed by atoms with E-state index in [4.69, 9.17) is 9.73 Å². The highest BCUT2D eigenvalue weighted by Gasteiger charge is 2.45. The Labute approximate surface area is 165 Å². The zero-order valence-corrected chi connectivity index (χ0v) is 16.3. The summed E-state index contributed by atoms with van der Waals surface area (Å²) in [4.78, 5) is 22.7. The lowest BCUT2D eigenvalue weighted by atomic mass is 9.96. The molecule has 2 atom stereocenters. The molecule has 5 rings (SSSR count). The number of benzene rings is 2. The summed E-state index contributed by atoms with van der Waals surface area (Å²) < 4.78 is 5.25. The second-order valence-corrected chi connectivity index (χ2v) is 8.03. The molecule has 2 saturated heterocycles. The number of amidine groups is 1. The second kappa shape index (κ2) is 6.74. The van der Waals surface area contributed by atoms with Crippen molar-refractivity contribution in [3.05, 3.63) is 59.7 Å². The fourth-order valence-electron chi connectivity index (χ4n) is 5.05. The van der Waals surface area contributed by atoms with E-state index in [2.05, 4.69) is 11.9 Å². The van der Waals surface area contributed by atoms with Gasteiger partial charge in [-0.1, -0.05) is 18.2 Å². The van der Waals surface area contributed by atoms with Crippen molar-refractivity contribution in [1.82, 2.24) is 9.80 Å². The summed E-state index contributed by atoms with van der Waals surface area (Å²) in [6, 6.07) is 16.9. The molecule has 0 aromatic heterocycles. The van der Waals surface area contributed by atoms with E-state index < -0.39 is 0 Å². The highest BCUT2D eigenvalue weighted by Crippen LogP contribution is 2.39. The molecule has 5 nitrogen and oxygen atoms in total. The van der Waals surface area contributed by atoms with Crippen LogP contribution in [0.5, 0.6) is 5.75 Å². The van der Waals surface area contributed by atoms with Crippen molar-refractivity contribution in [3.63, 3.8) is 0 Å². The van der Waals surface area contributed by atoms with Crippen LogP contribution >= 0.6 is 0 Å². The fourth-order valence-corrected chi connectivity index (χ4v) is 5.05. The number of fused-ring (bicyclic) bond motifs is 3. The number of hydrogen-bond donors (Lipinski definition) is 0. The van der Waals surface area contributed by atoms with Gasteiger partial charge in [-0.15, -0.1) is 0 Å². The number of aliphatic imine (C=N–C) groups is 1. The standard InChI is InChI=1S/C23H25N3O2/c1-25-16-9-10-17(25)14-18(13-16)26-22(20-5-3-4-6-21(20)23(26)27)24-15-7-11-19(28-2)12-8-15/h3-8,11-12,16-18H,9-10,13-14H2,1-2H3. The molecular formula is C23H25N3O2. The van der Waals surface area contributed by atoms with Crippen LogP contribution in [0.3, 0.4) is 0 Å². The van der Waals surface area contributed by atoms with Gasteiger partial charge < -0.3 is 9.64 Å². The van der Waals surface area contributed by atoms with E-state index in [0.717, 1.165) is 41.2 Å². The predicted octanol–water partition coefficient (Wildman–Crippen LogP) is 3.85. The van der Waals surface area contributed by atoms with Gasteiger partial charge in [-0.05, 0) is 63.1 Å². The summed E-state index contributed by atoms with van der Waals surface area (Å²) in [6.45, 7) is 0. The molecule has 2 fully saturated rings. The first kappa shape index (κ1) is 17.4. The van der Waals surface area contributed by atoms with Crippen LogP contribution in [0.25, 0.3) is 0 Å². The van der Waals surface area contributed by atoms with Crippen molar-refractivity contribution in [2.75, 3.05) is 14.2 Å². The molecule has 144 valence electrons. The molecule has 0 N–H and O–H groups in total. The first-order valence-corrected chi connectivity index (χ1v) is 10.0. The van der Waals surface area contributed by atoms with Gasteiger partial charge in [-0.2, -0.15) is 0 Å². The molecule has 3 heterocycles. The molecule has 1 amide bonds. The topological polar surface area (TPSA) is 45.1 Å². The van der Waals surface area contributed by atoms with E-state index in [1.54, 1.807) is 7.11 Å². The number of hydrogen-bond acceptors (Lipinski definition) is 4. The Morgan fingerprint density at radius 1 is 0.929 bits per heavy atom. The van der Waals surface area contributed by atoms with E-state index in [1.807, 2.05) is 53.4 Å². The lowest BCUT2D eigenvalue weighted by molar-refractivity contribution is 0.0688. The van der Waals surface area contributed by atoms with Crippen molar-refractivity contribution in [2.45, 2.75) is 43.8 Å². The molecule has 3 aliphatic rings. The molecule has 2 bridgehead atoms. The number of carbonyl (C=O) groups excluding carboxylic acids is 1. The van der Waals surface area contributed by atoms with Gasteiger partial charge in [0, 0.05) is 23.7 Å². The smallest absolute Gasteiger partial charge is 0.260 e. The van der Waals surface area contributed by atoms with Crippen LogP contribution in [0.15, 0.2) is 53.5 Å². The van der Waals surface area contributed by atoms with Crippen LogP contribution in [-0.2, 0) is 0 Å². The number of rotatable bonds is 3. The van der Waals surface area contributed by atoms with Gasteiger partial charge in [-0.25, -0.2) is 4.99 Å². The van der Waals surface area contributed by atoms with Crippen LogP contribution in [0.4, 0.5) is 5.69 Å². The fraction of sp³-hybridized carbons (Fsp3) is 0.391. The molecule has 0 radical (unpaired) electrons. The third kappa shape index (κ3) is 2.73. The Morgan fingerprint density at radius 3 is 2.21 bits per heavy atom. The number of carbonyl (C=O) groups is 1. The van der Waals surface area contributed by atoms with E-state index in [0.29, 0.717) is 12.1 Å². The molecule has 0 saturated carbocycles. The predicted molar refractivity (Wildman–Crippen MR) is 109 cm³/mol. The lowest BCUT2D eigenvalue weighted by Gasteiger charge is -2.40. The Balaban J connectivity index is 1.55. The number of nitrogens with zero attached hydrogens (tertiary/aromatic N) is 3. The normalized spacial score (nSPS) is 28.1. The van der Waals surface area contributed by atoms with Crippen LogP contribution < -0.4 is 4.74 Å². The van der Waals surface area contributed by atoms with Gasteiger partial charge in [-0.3, -0.25) is 9.69 Å². The maximum absolute atomic E-state index is 13.3. The molecule has 0 spiro atoms. The van der Waals surface area contributed by atoms with Crippen molar-refractivity contribution in [1.29, 1.82) is 0 Å². The number of amides is 1. The molecule has 2 unspecified atom stereocenters. The Kier molecular flexibility index (Phi) is 4.20. The van der Waals surface area contributed by atoms with E-state index in [1.165, 1.54) is 12.8 Å². The van der Waals surface area contributed by atoms with Gasteiger partial charge in [0.2, 0.25) is 0 Å². The maximum atomic E-state index is 13.3. The Morgan fingerprint density at radius 2 is 1.57 bits per heavy atom. The summed E-state index contributed by atoms with van der Waals surface area (Å²) in [5, 5.41) is 0. The first-order chi connectivity index (χ1) is 13.7. The largest absolute Gasteiger partial charge is 0.497 e. The summed E-state index contributed by atoms with van der Waals surface area (Å²) in [7, 11) is 3.88. The quantitative estimate of drug-likeness (QED) is 0.818. The average molecular weight is 375 g/mol. The Bertz CT molecular complexity index is 923. The minimum absolute atomic E-state index is 0.0943. The van der Waals surface area contributed by atoms with Crippen molar-refractivity contribution < 1.29 is 9.53 Å². The van der Waals surface area contributed by atoms with Crippen LogP contribution in [0, 0.1) is 0 Å². The molecule has 3 aliphatic heterocycles. The van der Waals surface area contributed by atoms with Crippen molar-refractivity contribution in [2.24, 2.45) is 4.99 Å². The highest BCUT2D eigenvalue weighted by molar-refractivity contribution is 6.24. The highest BCUT2D eigenvalue weighted by atomic mass is 16.5. The summed E-state index contributed by atoms with van der Waals surface area (Å²) in [5.74, 6) is 1.69.